The van der Waals surface area contributed by atoms with Crippen LogP contribution in [0, 0.1) is 0 Å². The lowest BCUT2D eigenvalue weighted by molar-refractivity contribution is 0.239. The molecule has 0 aliphatic rings. The van der Waals surface area contributed by atoms with Gasteiger partial charge in [0.25, 0.3) is 0 Å². The van der Waals surface area contributed by atoms with Gasteiger partial charge in [0.15, 0.2) is 0 Å². The second-order valence-corrected chi connectivity index (χ2v) is 9.52. The fourth-order valence-electron chi connectivity index (χ4n) is 1.84. The van der Waals surface area contributed by atoms with Crippen LogP contribution in [-0.2, 0) is 0 Å². The van der Waals surface area contributed by atoms with Gasteiger partial charge in [-0.25, -0.2) is 0 Å². The molecule has 1 N–H and O–H groups in total. The van der Waals surface area contributed by atoms with Gasteiger partial charge >= 0.3 is 0 Å². The molecule has 0 aliphatic carbocycles. The molecule has 0 aromatic heterocycles. The smallest absolute Gasteiger partial charge is 0.0716 e. The molecule has 1 radical (unpaired) electrons. The van der Waals surface area contributed by atoms with Crippen molar-refractivity contribution < 1.29 is 5.11 Å². The van der Waals surface area contributed by atoms with Gasteiger partial charge in [0.1, 0.15) is 0 Å². The number of benzene rings is 1. The predicted octanol–water partition coefficient (Wildman–Crippen LogP) is 4.76. The standard InChI is InChI=1S/C15H21Cl2OSi/c1-10(5-8-14(18)19-15(2,3)4)11-6-7-12(16)13(17)9-11/h6-7,9,14,18-19H,1,5,8H2,2-4H3. The summed E-state index contributed by atoms with van der Waals surface area (Å²) in [6, 6.07) is 5.52. The highest BCUT2D eigenvalue weighted by atomic mass is 35.5. The zero-order chi connectivity index (χ0) is 14.6. The van der Waals surface area contributed by atoms with Crippen molar-refractivity contribution in [3.63, 3.8) is 0 Å². The normalized spacial score (nSPS) is 13.4. The number of hydrogen-bond acceptors (Lipinski definition) is 1. The van der Waals surface area contributed by atoms with Crippen molar-refractivity contribution in [2.45, 2.75) is 44.4 Å². The first-order valence-electron chi connectivity index (χ1n) is 6.36. The lowest BCUT2D eigenvalue weighted by Gasteiger charge is -2.21. The lowest BCUT2D eigenvalue weighted by atomic mass is 10.0. The fraction of sp³-hybridized carbons (Fsp3) is 0.467. The second-order valence-electron chi connectivity index (χ2n) is 5.87. The Morgan fingerprint density at radius 2 is 1.95 bits per heavy atom. The van der Waals surface area contributed by atoms with Crippen LogP contribution in [0.2, 0.25) is 15.1 Å². The van der Waals surface area contributed by atoms with Crippen LogP contribution >= 0.6 is 23.2 Å². The van der Waals surface area contributed by atoms with E-state index in [9.17, 15) is 5.11 Å². The van der Waals surface area contributed by atoms with Gasteiger partial charge in [0.05, 0.1) is 19.6 Å². The van der Waals surface area contributed by atoms with E-state index < -0.39 is 0 Å². The largest absolute Gasteiger partial charge is 0.397 e. The average Bonchev–Trinajstić information content (AvgIpc) is 2.27. The van der Waals surface area contributed by atoms with Gasteiger partial charge < -0.3 is 5.11 Å². The van der Waals surface area contributed by atoms with E-state index >= 15 is 0 Å². The highest BCUT2D eigenvalue weighted by Gasteiger charge is 2.18. The van der Waals surface area contributed by atoms with Crippen LogP contribution in [0.3, 0.4) is 0 Å². The first kappa shape index (κ1) is 16.8. The number of allylic oxidation sites excluding steroid dienone is 1. The average molecular weight is 316 g/mol. The first-order valence-corrected chi connectivity index (χ1v) is 8.36. The molecule has 0 amide bonds. The predicted molar refractivity (Wildman–Crippen MR) is 87.6 cm³/mol. The maximum atomic E-state index is 10.0. The van der Waals surface area contributed by atoms with Gasteiger partial charge in [-0.3, -0.25) is 0 Å². The summed E-state index contributed by atoms with van der Waals surface area (Å²) in [6.07, 6.45) is 1.54. The Kier molecular flexibility index (Phi) is 6.12. The van der Waals surface area contributed by atoms with E-state index in [1.54, 1.807) is 6.07 Å². The van der Waals surface area contributed by atoms with E-state index in [0.717, 1.165) is 24.0 Å². The summed E-state index contributed by atoms with van der Waals surface area (Å²) in [5.41, 5.74) is 1.78. The molecule has 1 unspecified atom stereocenters. The Balaban J connectivity index is 2.53. The molecule has 1 nitrogen and oxygen atoms in total. The van der Waals surface area contributed by atoms with Crippen LogP contribution in [0.5, 0.6) is 0 Å². The summed E-state index contributed by atoms with van der Waals surface area (Å²) in [7, 11) is 0.0199. The van der Waals surface area contributed by atoms with Gasteiger partial charge in [-0.1, -0.05) is 56.6 Å². The maximum Gasteiger partial charge on any atom is 0.0716 e. The van der Waals surface area contributed by atoms with E-state index in [2.05, 4.69) is 27.4 Å². The molecule has 1 aromatic carbocycles. The molecule has 19 heavy (non-hydrogen) atoms. The molecule has 4 heteroatoms. The molecular weight excluding hydrogens is 295 g/mol. The van der Waals surface area contributed by atoms with Crippen molar-refractivity contribution in [3.05, 3.63) is 40.4 Å². The third-order valence-electron chi connectivity index (χ3n) is 2.76. The van der Waals surface area contributed by atoms with Crippen molar-refractivity contribution in [3.8, 4) is 0 Å². The molecule has 0 fully saturated rings. The fourth-order valence-corrected chi connectivity index (χ4v) is 3.63. The molecule has 1 atom stereocenters. The zero-order valence-electron chi connectivity index (χ0n) is 11.7. The Bertz CT molecular complexity index is 452. The Morgan fingerprint density at radius 1 is 1.32 bits per heavy atom. The SMILES string of the molecule is C=C(CCC(O)[SiH]C(C)(C)C)c1ccc(Cl)c(Cl)c1. The number of halogens is 2. The van der Waals surface area contributed by atoms with Gasteiger partial charge in [-0.15, -0.1) is 0 Å². The summed E-state index contributed by atoms with van der Waals surface area (Å²) >= 11 is 11.9. The summed E-state index contributed by atoms with van der Waals surface area (Å²) in [5.74, 6) is 0. The summed E-state index contributed by atoms with van der Waals surface area (Å²) in [5, 5.41) is 11.3. The van der Waals surface area contributed by atoms with Crippen molar-refractivity contribution in [1.82, 2.24) is 0 Å². The lowest BCUT2D eigenvalue weighted by Crippen LogP contribution is -2.24. The summed E-state index contributed by atoms with van der Waals surface area (Å²) in [4.78, 5) is 0. The molecule has 0 aliphatic heterocycles. The van der Waals surface area contributed by atoms with Gasteiger partial charge in [-0.2, -0.15) is 0 Å². The molecule has 0 heterocycles. The van der Waals surface area contributed by atoms with Crippen LogP contribution in [0.15, 0.2) is 24.8 Å². The molecule has 0 spiro atoms. The highest BCUT2D eigenvalue weighted by molar-refractivity contribution is 6.42. The minimum absolute atomic E-state index is 0.0199. The van der Waals surface area contributed by atoms with Crippen molar-refractivity contribution in [2.24, 2.45) is 0 Å². The quantitative estimate of drug-likeness (QED) is 0.777. The van der Waals surface area contributed by atoms with Crippen molar-refractivity contribution in [1.29, 1.82) is 0 Å². The minimum Gasteiger partial charge on any atom is -0.397 e. The molecule has 0 saturated heterocycles. The topological polar surface area (TPSA) is 20.2 Å². The number of aliphatic hydroxyl groups excluding tert-OH is 1. The summed E-state index contributed by atoms with van der Waals surface area (Å²) < 4.78 is 0. The third-order valence-corrected chi connectivity index (χ3v) is 5.22. The van der Waals surface area contributed by atoms with Crippen LogP contribution in [-0.4, -0.2) is 20.4 Å². The molecule has 105 valence electrons. The first-order chi connectivity index (χ1) is 8.69. The maximum absolute atomic E-state index is 10.0. The number of hydrogen-bond donors (Lipinski definition) is 1. The Morgan fingerprint density at radius 3 is 2.47 bits per heavy atom. The summed E-state index contributed by atoms with van der Waals surface area (Å²) in [6.45, 7) is 10.6. The van der Waals surface area contributed by atoms with Gasteiger partial charge in [0.2, 0.25) is 0 Å². The molecule has 1 rings (SSSR count). The van der Waals surface area contributed by atoms with E-state index in [4.69, 9.17) is 23.2 Å². The molecule has 1 aromatic rings. The van der Waals surface area contributed by atoms with Crippen molar-refractivity contribution in [2.75, 3.05) is 0 Å². The molecule has 0 saturated carbocycles. The third kappa shape index (κ3) is 6.13. The van der Waals surface area contributed by atoms with Crippen LogP contribution in [0.25, 0.3) is 5.57 Å². The minimum atomic E-state index is -0.209. The van der Waals surface area contributed by atoms with Crippen LogP contribution in [0.4, 0.5) is 0 Å². The van der Waals surface area contributed by atoms with E-state index in [-0.39, 0.29) is 20.3 Å². The van der Waals surface area contributed by atoms with Gasteiger partial charge in [-0.05, 0) is 41.1 Å². The Labute approximate surface area is 128 Å². The van der Waals surface area contributed by atoms with Gasteiger partial charge in [0, 0.05) is 5.73 Å². The number of rotatable bonds is 5. The number of aliphatic hydroxyl groups is 1. The zero-order valence-corrected chi connectivity index (χ0v) is 14.4. The van der Waals surface area contributed by atoms with E-state index in [1.807, 2.05) is 12.1 Å². The van der Waals surface area contributed by atoms with E-state index in [0.29, 0.717) is 10.0 Å². The monoisotopic (exact) mass is 315 g/mol. The molecular formula is C15H21Cl2OSi. The second kappa shape index (κ2) is 6.94. The Hall–Kier alpha value is -0.283. The molecule has 0 bridgehead atoms. The van der Waals surface area contributed by atoms with Crippen LogP contribution in [0.1, 0.15) is 39.2 Å². The van der Waals surface area contributed by atoms with Crippen molar-refractivity contribution >= 4 is 38.3 Å². The van der Waals surface area contributed by atoms with Crippen LogP contribution < -0.4 is 0 Å². The highest BCUT2D eigenvalue weighted by Crippen LogP contribution is 2.28. The van der Waals surface area contributed by atoms with E-state index in [1.165, 1.54) is 0 Å².